The third kappa shape index (κ3) is 3.11. The van der Waals surface area contributed by atoms with Gasteiger partial charge in [0.05, 0.1) is 24.9 Å². The molecule has 0 radical (unpaired) electrons. The minimum atomic E-state index is -0.990. The van der Waals surface area contributed by atoms with Gasteiger partial charge in [-0.1, -0.05) is 37.3 Å². The number of benzene rings is 2. The van der Waals surface area contributed by atoms with Crippen molar-refractivity contribution in [2.45, 2.75) is 38.0 Å². The molecule has 3 aliphatic heterocycles. The van der Waals surface area contributed by atoms with E-state index in [9.17, 15) is 14.7 Å². The van der Waals surface area contributed by atoms with E-state index in [4.69, 9.17) is 9.47 Å². The van der Waals surface area contributed by atoms with Crippen molar-refractivity contribution >= 4 is 23.4 Å². The summed E-state index contributed by atoms with van der Waals surface area (Å²) in [6.07, 6.45) is 0.816. The van der Waals surface area contributed by atoms with Crippen LogP contribution in [0.5, 0.6) is 0 Å². The van der Waals surface area contributed by atoms with Crippen LogP contribution in [0.25, 0.3) is 0 Å². The number of fused-ring (bicyclic) bond motifs is 2. The Morgan fingerprint density at radius 1 is 1.13 bits per heavy atom. The molecule has 3 heterocycles. The number of rotatable bonds is 5. The SMILES string of the molecule is C[C@@H]1C[C@H](CCO)O[C@@]12C(=O)N(Cc1ccc(N3CCOC3=O)cc1)c1ccccc12. The highest BCUT2D eigenvalue weighted by molar-refractivity contribution is 6.07. The van der Waals surface area contributed by atoms with Crippen LogP contribution in [0.4, 0.5) is 16.2 Å². The van der Waals surface area contributed by atoms with Crippen molar-refractivity contribution in [1.29, 1.82) is 0 Å². The van der Waals surface area contributed by atoms with E-state index in [0.29, 0.717) is 26.1 Å². The normalized spacial score (nSPS) is 27.3. The quantitative estimate of drug-likeness (QED) is 0.801. The standard InChI is InChI=1S/C24H26N2O5/c1-16-14-19(10-12-27)31-24(16)20-4-2-3-5-21(20)26(22(24)28)15-17-6-8-18(9-7-17)25-11-13-30-23(25)29/h2-9,16,19,27H,10-15H2,1H3/t16-,19+,24+/m1/s1. The van der Waals surface area contributed by atoms with Gasteiger partial charge in [0.1, 0.15) is 6.61 Å². The molecule has 2 amide bonds. The van der Waals surface area contributed by atoms with Crippen LogP contribution in [0, 0.1) is 5.92 Å². The predicted molar refractivity (Wildman–Crippen MR) is 115 cm³/mol. The van der Waals surface area contributed by atoms with E-state index >= 15 is 0 Å². The average Bonchev–Trinajstić information content (AvgIpc) is 3.41. The predicted octanol–water partition coefficient (Wildman–Crippen LogP) is 3.19. The zero-order valence-corrected chi connectivity index (χ0v) is 17.5. The molecule has 0 unspecified atom stereocenters. The van der Waals surface area contributed by atoms with Crippen molar-refractivity contribution < 1.29 is 24.2 Å². The van der Waals surface area contributed by atoms with Crippen molar-refractivity contribution in [3.63, 3.8) is 0 Å². The Balaban J connectivity index is 1.43. The van der Waals surface area contributed by atoms with Crippen LogP contribution in [0.1, 0.15) is 30.9 Å². The summed E-state index contributed by atoms with van der Waals surface area (Å²) in [4.78, 5) is 28.9. The lowest BCUT2D eigenvalue weighted by Gasteiger charge is -2.28. The van der Waals surface area contributed by atoms with Gasteiger partial charge in [0.25, 0.3) is 5.91 Å². The number of hydrogen-bond acceptors (Lipinski definition) is 5. The second kappa shape index (κ2) is 7.66. The van der Waals surface area contributed by atoms with Crippen molar-refractivity contribution in [2.24, 2.45) is 5.92 Å². The number of para-hydroxylation sites is 1. The molecule has 2 fully saturated rings. The fraction of sp³-hybridized carbons (Fsp3) is 0.417. The van der Waals surface area contributed by atoms with Gasteiger partial charge in [0, 0.05) is 23.8 Å². The molecule has 7 heteroatoms. The summed E-state index contributed by atoms with van der Waals surface area (Å²) < 4.78 is 11.4. The number of cyclic esters (lactones) is 1. The minimum absolute atomic E-state index is 0.0197. The first-order chi connectivity index (χ1) is 15.0. The summed E-state index contributed by atoms with van der Waals surface area (Å²) in [6, 6.07) is 15.5. The Labute approximate surface area is 181 Å². The number of aliphatic hydroxyl groups is 1. The summed E-state index contributed by atoms with van der Waals surface area (Å²) >= 11 is 0. The number of nitrogens with zero attached hydrogens (tertiary/aromatic N) is 2. The lowest BCUT2D eigenvalue weighted by molar-refractivity contribution is -0.146. The van der Waals surface area contributed by atoms with Crippen LogP contribution in [-0.2, 0) is 26.4 Å². The zero-order valence-electron chi connectivity index (χ0n) is 17.5. The lowest BCUT2D eigenvalue weighted by Crippen LogP contribution is -2.43. The molecule has 0 aromatic heterocycles. The number of carbonyl (C=O) groups excluding carboxylic acids is 2. The fourth-order valence-corrected chi connectivity index (χ4v) is 5.10. The molecule has 2 aromatic rings. The van der Waals surface area contributed by atoms with Crippen molar-refractivity contribution in [3.8, 4) is 0 Å². The van der Waals surface area contributed by atoms with Gasteiger partial charge in [-0.05, 0) is 36.6 Å². The highest BCUT2D eigenvalue weighted by Gasteiger charge is 2.59. The second-order valence-corrected chi connectivity index (χ2v) is 8.47. The van der Waals surface area contributed by atoms with Crippen molar-refractivity contribution in [1.82, 2.24) is 0 Å². The van der Waals surface area contributed by atoms with Gasteiger partial charge in [-0.15, -0.1) is 0 Å². The summed E-state index contributed by atoms with van der Waals surface area (Å²) in [5.74, 6) is -0.0277. The smallest absolute Gasteiger partial charge is 0.414 e. The van der Waals surface area contributed by atoms with Crippen LogP contribution in [0.15, 0.2) is 48.5 Å². The van der Waals surface area contributed by atoms with E-state index < -0.39 is 5.60 Å². The van der Waals surface area contributed by atoms with Gasteiger partial charge in [-0.2, -0.15) is 0 Å². The number of anilines is 2. The molecule has 2 aromatic carbocycles. The molecule has 7 nitrogen and oxygen atoms in total. The maximum Gasteiger partial charge on any atom is 0.414 e. The lowest BCUT2D eigenvalue weighted by atomic mass is 9.83. The fourth-order valence-electron chi connectivity index (χ4n) is 5.10. The van der Waals surface area contributed by atoms with E-state index in [2.05, 4.69) is 6.92 Å². The number of amides is 2. The Morgan fingerprint density at radius 3 is 2.61 bits per heavy atom. The van der Waals surface area contributed by atoms with E-state index in [1.165, 1.54) is 0 Å². The molecule has 0 aliphatic carbocycles. The van der Waals surface area contributed by atoms with E-state index in [1.807, 2.05) is 48.5 Å². The van der Waals surface area contributed by atoms with Crippen molar-refractivity contribution in [2.75, 3.05) is 29.6 Å². The molecule has 5 rings (SSSR count). The zero-order chi connectivity index (χ0) is 21.6. The number of carbonyl (C=O) groups is 2. The molecule has 0 bridgehead atoms. The van der Waals surface area contributed by atoms with Gasteiger partial charge in [0.15, 0.2) is 5.60 Å². The highest BCUT2D eigenvalue weighted by Crippen LogP contribution is 2.53. The van der Waals surface area contributed by atoms with Gasteiger partial charge < -0.3 is 19.5 Å². The number of hydrogen-bond donors (Lipinski definition) is 1. The third-order valence-corrected chi connectivity index (χ3v) is 6.62. The molecular formula is C24H26N2O5. The molecule has 31 heavy (non-hydrogen) atoms. The molecule has 162 valence electrons. The van der Waals surface area contributed by atoms with Crippen LogP contribution in [0.2, 0.25) is 0 Å². The first-order valence-corrected chi connectivity index (χ1v) is 10.8. The first kappa shape index (κ1) is 20.0. The van der Waals surface area contributed by atoms with E-state index in [1.54, 1.807) is 9.80 Å². The summed E-state index contributed by atoms with van der Waals surface area (Å²) in [7, 11) is 0. The van der Waals surface area contributed by atoms with Crippen LogP contribution < -0.4 is 9.80 Å². The van der Waals surface area contributed by atoms with Gasteiger partial charge in [0.2, 0.25) is 0 Å². The maximum atomic E-state index is 13.7. The average molecular weight is 422 g/mol. The van der Waals surface area contributed by atoms with E-state index in [0.717, 1.165) is 28.9 Å². The molecule has 3 atom stereocenters. The highest BCUT2D eigenvalue weighted by atomic mass is 16.6. The van der Waals surface area contributed by atoms with E-state index in [-0.39, 0.29) is 30.6 Å². The molecular weight excluding hydrogens is 396 g/mol. The Hall–Kier alpha value is -2.90. The van der Waals surface area contributed by atoms with Crippen molar-refractivity contribution in [3.05, 3.63) is 59.7 Å². The maximum absolute atomic E-state index is 13.7. The van der Waals surface area contributed by atoms with Crippen LogP contribution in [-0.4, -0.2) is 43.0 Å². The largest absolute Gasteiger partial charge is 0.447 e. The molecule has 3 aliphatic rings. The molecule has 2 saturated heterocycles. The number of aliphatic hydroxyl groups excluding tert-OH is 1. The monoisotopic (exact) mass is 422 g/mol. The first-order valence-electron chi connectivity index (χ1n) is 10.8. The summed E-state index contributed by atoms with van der Waals surface area (Å²) in [5.41, 5.74) is 2.54. The van der Waals surface area contributed by atoms with Gasteiger partial charge >= 0.3 is 6.09 Å². The molecule has 1 N–H and O–H groups in total. The minimum Gasteiger partial charge on any atom is -0.447 e. The second-order valence-electron chi connectivity index (χ2n) is 8.47. The van der Waals surface area contributed by atoms with Gasteiger partial charge in [-0.3, -0.25) is 9.69 Å². The Morgan fingerprint density at radius 2 is 1.90 bits per heavy atom. The third-order valence-electron chi connectivity index (χ3n) is 6.62. The Kier molecular flexibility index (Phi) is 4.95. The van der Waals surface area contributed by atoms with Crippen LogP contribution in [0.3, 0.4) is 0 Å². The molecule has 1 spiro atoms. The van der Waals surface area contributed by atoms with Crippen LogP contribution >= 0.6 is 0 Å². The molecule has 0 saturated carbocycles. The summed E-state index contributed by atoms with van der Waals surface area (Å²) in [6.45, 7) is 3.46. The number of ether oxygens (including phenoxy) is 2. The van der Waals surface area contributed by atoms with Gasteiger partial charge in [-0.25, -0.2) is 4.79 Å². The summed E-state index contributed by atoms with van der Waals surface area (Å²) in [5, 5.41) is 9.36. The Bertz CT molecular complexity index is 1010. The topological polar surface area (TPSA) is 79.3 Å².